The summed E-state index contributed by atoms with van der Waals surface area (Å²) >= 11 is 7.37. The molecule has 0 aliphatic rings. The summed E-state index contributed by atoms with van der Waals surface area (Å²) in [6.45, 7) is 0.466. The lowest BCUT2D eigenvalue weighted by atomic mass is 10.1. The summed E-state index contributed by atoms with van der Waals surface area (Å²) in [6, 6.07) is 6.99. The van der Waals surface area contributed by atoms with Gasteiger partial charge in [-0.3, -0.25) is 4.79 Å². The first-order chi connectivity index (χ1) is 11.0. The molecule has 0 atom stereocenters. The van der Waals surface area contributed by atoms with Crippen LogP contribution in [0.5, 0.6) is 17.2 Å². The first-order valence-electron chi connectivity index (χ1n) is 6.79. The molecular weight excluding hydrogens is 338 g/mol. The van der Waals surface area contributed by atoms with Gasteiger partial charge in [0.2, 0.25) is 0 Å². The highest BCUT2D eigenvalue weighted by Crippen LogP contribution is 2.35. The molecule has 2 aromatic rings. The van der Waals surface area contributed by atoms with E-state index in [1.807, 2.05) is 12.1 Å². The van der Waals surface area contributed by atoms with Crippen molar-refractivity contribution in [2.24, 2.45) is 0 Å². The van der Waals surface area contributed by atoms with Crippen molar-refractivity contribution in [2.75, 3.05) is 28.4 Å². The van der Waals surface area contributed by atoms with E-state index in [0.29, 0.717) is 33.7 Å². The molecule has 0 radical (unpaired) electrons. The first-order valence-corrected chi connectivity index (χ1v) is 7.99. The van der Waals surface area contributed by atoms with E-state index < -0.39 is 0 Å². The fraction of sp³-hybridized carbons (Fsp3) is 0.312. The van der Waals surface area contributed by atoms with Crippen LogP contribution in [0.2, 0.25) is 4.34 Å². The van der Waals surface area contributed by atoms with Crippen LogP contribution in [-0.2, 0) is 6.54 Å². The van der Waals surface area contributed by atoms with Crippen LogP contribution >= 0.6 is 22.9 Å². The number of ether oxygens (including phenoxy) is 3. The minimum Gasteiger partial charge on any atom is -0.496 e. The number of rotatable bonds is 6. The molecular formula is C16H18ClNO4S. The Morgan fingerprint density at radius 3 is 2.22 bits per heavy atom. The van der Waals surface area contributed by atoms with Crippen LogP contribution in [-0.4, -0.2) is 39.2 Å². The van der Waals surface area contributed by atoms with Crippen LogP contribution in [0.25, 0.3) is 0 Å². The molecule has 124 valence electrons. The largest absolute Gasteiger partial charge is 0.496 e. The van der Waals surface area contributed by atoms with Crippen LogP contribution in [0.4, 0.5) is 0 Å². The molecule has 0 N–H and O–H groups in total. The maximum absolute atomic E-state index is 12.7. The average Bonchev–Trinajstić information content (AvgIpc) is 2.97. The van der Waals surface area contributed by atoms with Crippen molar-refractivity contribution < 1.29 is 19.0 Å². The Bertz CT molecular complexity index is 701. The summed E-state index contributed by atoms with van der Waals surface area (Å²) in [5.41, 5.74) is 0.412. The number of nitrogens with zero attached hydrogens (tertiary/aromatic N) is 1. The lowest BCUT2D eigenvalue weighted by Gasteiger charge is -2.19. The van der Waals surface area contributed by atoms with Crippen molar-refractivity contribution in [2.45, 2.75) is 6.54 Å². The Kier molecular flexibility index (Phi) is 5.74. The average molecular weight is 356 g/mol. The highest BCUT2D eigenvalue weighted by atomic mass is 35.5. The molecule has 23 heavy (non-hydrogen) atoms. The predicted molar refractivity (Wildman–Crippen MR) is 91.2 cm³/mol. The maximum Gasteiger partial charge on any atom is 0.257 e. The second kappa shape index (κ2) is 7.57. The molecule has 1 heterocycles. The van der Waals surface area contributed by atoms with Crippen LogP contribution in [0, 0.1) is 0 Å². The van der Waals surface area contributed by atoms with E-state index in [1.165, 1.54) is 32.7 Å². The van der Waals surface area contributed by atoms with Crippen molar-refractivity contribution >= 4 is 28.8 Å². The Labute approximate surface area is 144 Å². The SMILES string of the molecule is COc1cc(OC)c(C(=O)N(C)Cc2ccc(Cl)s2)cc1OC. The van der Waals surface area contributed by atoms with Gasteiger partial charge in [0.15, 0.2) is 11.5 Å². The van der Waals surface area contributed by atoms with Gasteiger partial charge in [-0.15, -0.1) is 11.3 Å². The van der Waals surface area contributed by atoms with Crippen molar-refractivity contribution in [3.05, 3.63) is 39.0 Å². The number of halogens is 1. The summed E-state index contributed by atoms with van der Waals surface area (Å²) in [4.78, 5) is 15.3. The number of hydrogen-bond donors (Lipinski definition) is 0. The summed E-state index contributed by atoms with van der Waals surface area (Å²) in [5, 5.41) is 0. The third kappa shape index (κ3) is 3.89. The van der Waals surface area contributed by atoms with Gasteiger partial charge in [-0.25, -0.2) is 0 Å². The molecule has 0 aliphatic heterocycles. The summed E-state index contributed by atoms with van der Waals surface area (Å²) < 4.78 is 16.5. The lowest BCUT2D eigenvalue weighted by Crippen LogP contribution is -2.26. The van der Waals surface area contributed by atoms with Crippen molar-refractivity contribution in [1.82, 2.24) is 4.90 Å². The molecule has 0 bridgehead atoms. The Morgan fingerprint density at radius 1 is 1.09 bits per heavy atom. The second-order valence-corrected chi connectivity index (χ2v) is 6.57. The zero-order chi connectivity index (χ0) is 17.0. The third-order valence-corrected chi connectivity index (χ3v) is 4.52. The molecule has 5 nitrogen and oxygen atoms in total. The molecule has 0 saturated heterocycles. The molecule has 0 aliphatic carbocycles. The minimum absolute atomic E-state index is 0.174. The number of carbonyl (C=O) groups excluding carboxylic acids is 1. The van der Waals surface area contributed by atoms with E-state index in [9.17, 15) is 4.79 Å². The van der Waals surface area contributed by atoms with Gasteiger partial charge < -0.3 is 19.1 Å². The van der Waals surface area contributed by atoms with Crippen molar-refractivity contribution in [3.63, 3.8) is 0 Å². The Balaban J connectivity index is 2.29. The molecule has 0 saturated carbocycles. The van der Waals surface area contributed by atoms with E-state index in [2.05, 4.69) is 0 Å². The van der Waals surface area contributed by atoms with Gasteiger partial charge in [0.1, 0.15) is 5.75 Å². The molecule has 1 amide bonds. The van der Waals surface area contributed by atoms with E-state index in [4.69, 9.17) is 25.8 Å². The van der Waals surface area contributed by atoms with Gasteiger partial charge in [0.25, 0.3) is 5.91 Å². The predicted octanol–water partition coefficient (Wildman–Crippen LogP) is 3.70. The van der Waals surface area contributed by atoms with E-state index in [0.717, 1.165) is 4.88 Å². The molecule has 0 unspecified atom stereocenters. The van der Waals surface area contributed by atoms with Gasteiger partial charge in [-0.05, 0) is 12.1 Å². The van der Waals surface area contributed by atoms with Crippen molar-refractivity contribution in [1.29, 1.82) is 0 Å². The highest BCUT2D eigenvalue weighted by molar-refractivity contribution is 7.16. The quantitative estimate of drug-likeness (QED) is 0.792. The second-order valence-electron chi connectivity index (χ2n) is 4.77. The fourth-order valence-electron chi connectivity index (χ4n) is 2.14. The molecule has 2 rings (SSSR count). The molecule has 1 aromatic carbocycles. The maximum atomic E-state index is 12.7. The molecule has 1 aromatic heterocycles. The first kappa shape index (κ1) is 17.4. The summed E-state index contributed by atoms with van der Waals surface area (Å²) in [6.07, 6.45) is 0. The summed E-state index contributed by atoms with van der Waals surface area (Å²) in [5.74, 6) is 1.24. The topological polar surface area (TPSA) is 48.0 Å². The minimum atomic E-state index is -0.174. The lowest BCUT2D eigenvalue weighted by molar-refractivity contribution is 0.0782. The standard InChI is InChI=1S/C16H18ClNO4S/c1-18(9-10-5-6-15(17)23-10)16(19)11-7-13(21-3)14(22-4)8-12(11)20-2/h5-8H,9H2,1-4H3. The monoisotopic (exact) mass is 355 g/mol. The van der Waals surface area contributed by atoms with Gasteiger partial charge in [0.05, 0.1) is 37.8 Å². The Hall–Kier alpha value is -1.92. The number of hydrogen-bond acceptors (Lipinski definition) is 5. The van der Waals surface area contributed by atoms with E-state index >= 15 is 0 Å². The fourth-order valence-corrected chi connectivity index (χ4v) is 3.29. The smallest absolute Gasteiger partial charge is 0.257 e. The zero-order valence-electron chi connectivity index (χ0n) is 13.4. The van der Waals surface area contributed by atoms with Gasteiger partial charge in [0, 0.05) is 24.1 Å². The van der Waals surface area contributed by atoms with Crippen LogP contribution in [0.15, 0.2) is 24.3 Å². The van der Waals surface area contributed by atoms with Crippen molar-refractivity contribution in [3.8, 4) is 17.2 Å². The number of carbonyl (C=O) groups is 1. The van der Waals surface area contributed by atoms with E-state index in [-0.39, 0.29) is 5.91 Å². The number of thiophene rings is 1. The number of benzene rings is 1. The molecule has 0 spiro atoms. The summed E-state index contributed by atoms with van der Waals surface area (Å²) in [7, 11) is 6.30. The van der Waals surface area contributed by atoms with Crippen LogP contribution < -0.4 is 14.2 Å². The Morgan fingerprint density at radius 2 is 1.70 bits per heavy atom. The highest BCUT2D eigenvalue weighted by Gasteiger charge is 2.21. The van der Waals surface area contributed by atoms with E-state index in [1.54, 1.807) is 24.1 Å². The van der Waals surface area contributed by atoms with Gasteiger partial charge in [-0.2, -0.15) is 0 Å². The number of amides is 1. The zero-order valence-corrected chi connectivity index (χ0v) is 15.0. The van der Waals surface area contributed by atoms with Gasteiger partial charge >= 0.3 is 0 Å². The molecule has 7 heteroatoms. The van der Waals surface area contributed by atoms with Gasteiger partial charge in [-0.1, -0.05) is 11.6 Å². The van der Waals surface area contributed by atoms with Crippen LogP contribution in [0.3, 0.4) is 0 Å². The number of methoxy groups -OCH3 is 3. The van der Waals surface area contributed by atoms with Crippen LogP contribution in [0.1, 0.15) is 15.2 Å². The third-order valence-electron chi connectivity index (χ3n) is 3.30. The molecule has 0 fully saturated rings. The normalized spacial score (nSPS) is 10.3.